The molecule has 1 unspecified atom stereocenters. The van der Waals surface area contributed by atoms with Crippen molar-refractivity contribution >= 4 is 17.5 Å². The Hall–Kier alpha value is -1.84. The number of nitrogens with one attached hydrogen (secondary N) is 1. The SMILES string of the molecule is CC(C)(C)c1ccccc1N1CC(C(=O)NC2CCCCC2)CC1=O. The molecule has 1 saturated carbocycles. The third-order valence-corrected chi connectivity index (χ3v) is 5.45. The first kappa shape index (κ1) is 18.0. The smallest absolute Gasteiger partial charge is 0.227 e. The van der Waals surface area contributed by atoms with Crippen LogP contribution in [0.25, 0.3) is 0 Å². The number of amides is 2. The van der Waals surface area contributed by atoms with Crippen LogP contribution in [0.4, 0.5) is 5.69 Å². The van der Waals surface area contributed by atoms with Crippen molar-refractivity contribution in [1.29, 1.82) is 0 Å². The Kier molecular flexibility index (Phi) is 5.16. The highest BCUT2D eigenvalue weighted by atomic mass is 16.2. The minimum atomic E-state index is -0.234. The zero-order valence-electron chi connectivity index (χ0n) is 15.7. The van der Waals surface area contributed by atoms with Crippen molar-refractivity contribution in [3.63, 3.8) is 0 Å². The molecule has 1 aromatic carbocycles. The maximum absolute atomic E-state index is 12.6. The van der Waals surface area contributed by atoms with Crippen molar-refractivity contribution < 1.29 is 9.59 Å². The van der Waals surface area contributed by atoms with E-state index in [1.54, 1.807) is 0 Å². The monoisotopic (exact) mass is 342 g/mol. The van der Waals surface area contributed by atoms with Crippen molar-refractivity contribution in [1.82, 2.24) is 5.32 Å². The Morgan fingerprint density at radius 3 is 2.48 bits per heavy atom. The number of hydrogen-bond donors (Lipinski definition) is 1. The number of anilines is 1. The molecule has 3 rings (SSSR count). The van der Waals surface area contributed by atoms with Crippen molar-refractivity contribution in [3.8, 4) is 0 Å². The Labute approximate surface area is 151 Å². The van der Waals surface area contributed by atoms with Gasteiger partial charge in [0.15, 0.2) is 0 Å². The lowest BCUT2D eigenvalue weighted by atomic mass is 9.85. The molecule has 1 aromatic rings. The second kappa shape index (κ2) is 7.19. The molecule has 1 saturated heterocycles. The van der Waals surface area contributed by atoms with E-state index in [9.17, 15) is 9.59 Å². The van der Waals surface area contributed by atoms with Crippen molar-refractivity contribution in [2.45, 2.75) is 70.8 Å². The zero-order chi connectivity index (χ0) is 18.0. The summed E-state index contributed by atoms with van der Waals surface area (Å²) in [7, 11) is 0. The van der Waals surface area contributed by atoms with Crippen LogP contribution < -0.4 is 10.2 Å². The van der Waals surface area contributed by atoms with Crippen LogP contribution in [-0.4, -0.2) is 24.4 Å². The first-order chi connectivity index (χ1) is 11.9. The van der Waals surface area contributed by atoms with Gasteiger partial charge in [0.2, 0.25) is 11.8 Å². The number of para-hydroxylation sites is 1. The van der Waals surface area contributed by atoms with Gasteiger partial charge in [0, 0.05) is 24.7 Å². The minimum absolute atomic E-state index is 0.0423. The van der Waals surface area contributed by atoms with Gasteiger partial charge in [-0.05, 0) is 29.9 Å². The van der Waals surface area contributed by atoms with Crippen LogP contribution in [0.2, 0.25) is 0 Å². The number of nitrogens with zero attached hydrogens (tertiary/aromatic N) is 1. The molecule has 2 amide bonds. The zero-order valence-corrected chi connectivity index (χ0v) is 15.7. The standard InChI is InChI=1S/C21H30N2O2/c1-21(2,3)17-11-7-8-12-18(17)23-14-15(13-19(23)24)20(25)22-16-9-5-4-6-10-16/h7-8,11-12,15-16H,4-6,9-10,13-14H2,1-3H3,(H,22,25). The van der Waals surface area contributed by atoms with Gasteiger partial charge in [-0.2, -0.15) is 0 Å². The lowest BCUT2D eigenvalue weighted by Gasteiger charge is -2.28. The molecular formula is C21H30N2O2. The lowest BCUT2D eigenvalue weighted by Crippen LogP contribution is -2.40. The highest BCUT2D eigenvalue weighted by Gasteiger charge is 2.37. The summed E-state index contributed by atoms with van der Waals surface area (Å²) < 4.78 is 0. The topological polar surface area (TPSA) is 49.4 Å². The Bertz CT molecular complexity index is 642. The summed E-state index contributed by atoms with van der Waals surface area (Å²) in [5.74, 6) is -0.126. The number of hydrogen-bond acceptors (Lipinski definition) is 2. The van der Waals surface area contributed by atoms with E-state index in [4.69, 9.17) is 0 Å². The summed E-state index contributed by atoms with van der Waals surface area (Å²) in [5, 5.41) is 3.18. The number of carbonyl (C=O) groups excluding carboxylic acids is 2. The molecule has 25 heavy (non-hydrogen) atoms. The molecule has 1 N–H and O–H groups in total. The van der Waals surface area contributed by atoms with Gasteiger partial charge >= 0.3 is 0 Å². The van der Waals surface area contributed by atoms with Crippen molar-refractivity contribution in [2.24, 2.45) is 5.92 Å². The fraction of sp³-hybridized carbons (Fsp3) is 0.619. The van der Waals surface area contributed by atoms with Crippen LogP contribution in [0, 0.1) is 5.92 Å². The average Bonchev–Trinajstić information content (AvgIpc) is 2.97. The third-order valence-electron chi connectivity index (χ3n) is 5.45. The summed E-state index contributed by atoms with van der Waals surface area (Å²) in [5.41, 5.74) is 2.06. The summed E-state index contributed by atoms with van der Waals surface area (Å²) in [6.07, 6.45) is 6.12. The number of carbonyl (C=O) groups is 2. The predicted molar refractivity (Wildman–Crippen MR) is 101 cm³/mol. The fourth-order valence-corrected chi connectivity index (χ4v) is 4.03. The number of benzene rings is 1. The Balaban J connectivity index is 1.72. The van der Waals surface area contributed by atoms with Gasteiger partial charge in [-0.1, -0.05) is 58.2 Å². The molecule has 1 aliphatic heterocycles. The molecule has 2 fully saturated rings. The van der Waals surface area contributed by atoms with Crippen LogP contribution in [-0.2, 0) is 15.0 Å². The van der Waals surface area contributed by atoms with E-state index in [1.807, 2.05) is 23.1 Å². The molecule has 0 spiro atoms. The molecule has 4 nitrogen and oxygen atoms in total. The molecule has 0 bridgehead atoms. The minimum Gasteiger partial charge on any atom is -0.353 e. The molecule has 2 aliphatic rings. The number of rotatable bonds is 3. The largest absolute Gasteiger partial charge is 0.353 e. The maximum Gasteiger partial charge on any atom is 0.227 e. The summed E-state index contributed by atoms with van der Waals surface area (Å²) in [6.45, 7) is 6.95. The van der Waals surface area contributed by atoms with Gasteiger partial charge in [-0.25, -0.2) is 0 Å². The van der Waals surface area contributed by atoms with Gasteiger partial charge in [0.05, 0.1) is 5.92 Å². The normalized spacial score (nSPS) is 22.3. The molecule has 0 radical (unpaired) electrons. The highest BCUT2D eigenvalue weighted by Crippen LogP contribution is 2.35. The van der Waals surface area contributed by atoms with Crippen LogP contribution in [0.5, 0.6) is 0 Å². The van der Waals surface area contributed by atoms with Gasteiger partial charge in [0.25, 0.3) is 0 Å². The van der Waals surface area contributed by atoms with Crippen LogP contribution in [0.15, 0.2) is 24.3 Å². The summed E-state index contributed by atoms with van der Waals surface area (Å²) in [6, 6.07) is 8.36. The van der Waals surface area contributed by atoms with E-state index in [2.05, 4.69) is 32.2 Å². The fourth-order valence-electron chi connectivity index (χ4n) is 4.03. The second-order valence-corrected chi connectivity index (χ2v) is 8.52. The van der Waals surface area contributed by atoms with Crippen molar-refractivity contribution in [2.75, 3.05) is 11.4 Å². The van der Waals surface area contributed by atoms with E-state index in [0.29, 0.717) is 19.0 Å². The quantitative estimate of drug-likeness (QED) is 0.908. The van der Waals surface area contributed by atoms with Crippen LogP contribution in [0.1, 0.15) is 64.9 Å². The third kappa shape index (κ3) is 4.05. The van der Waals surface area contributed by atoms with E-state index in [-0.39, 0.29) is 23.1 Å². The lowest BCUT2D eigenvalue weighted by molar-refractivity contribution is -0.127. The Morgan fingerprint density at radius 1 is 1.12 bits per heavy atom. The molecule has 1 atom stereocenters. The summed E-state index contributed by atoms with van der Waals surface area (Å²) >= 11 is 0. The van der Waals surface area contributed by atoms with E-state index >= 15 is 0 Å². The average molecular weight is 342 g/mol. The van der Waals surface area contributed by atoms with E-state index in [0.717, 1.165) is 24.1 Å². The molecule has 4 heteroatoms. The van der Waals surface area contributed by atoms with Gasteiger partial charge in [0.1, 0.15) is 0 Å². The van der Waals surface area contributed by atoms with Crippen LogP contribution >= 0.6 is 0 Å². The van der Waals surface area contributed by atoms with Gasteiger partial charge in [-0.3, -0.25) is 9.59 Å². The van der Waals surface area contributed by atoms with E-state index < -0.39 is 0 Å². The van der Waals surface area contributed by atoms with Crippen LogP contribution in [0.3, 0.4) is 0 Å². The molecule has 0 aromatic heterocycles. The molecule has 1 heterocycles. The summed E-state index contributed by atoms with van der Waals surface area (Å²) in [4.78, 5) is 27.0. The van der Waals surface area contributed by atoms with E-state index in [1.165, 1.54) is 19.3 Å². The molecule has 136 valence electrons. The second-order valence-electron chi connectivity index (χ2n) is 8.52. The Morgan fingerprint density at radius 2 is 1.80 bits per heavy atom. The first-order valence-corrected chi connectivity index (χ1v) is 9.56. The van der Waals surface area contributed by atoms with Crippen molar-refractivity contribution in [3.05, 3.63) is 29.8 Å². The molecule has 1 aliphatic carbocycles. The maximum atomic E-state index is 12.6. The molecular weight excluding hydrogens is 312 g/mol. The first-order valence-electron chi connectivity index (χ1n) is 9.56. The predicted octanol–water partition coefficient (Wildman–Crippen LogP) is 3.79. The highest BCUT2D eigenvalue weighted by molar-refractivity contribution is 6.01. The van der Waals surface area contributed by atoms with Gasteiger partial charge < -0.3 is 10.2 Å². The van der Waals surface area contributed by atoms with Gasteiger partial charge in [-0.15, -0.1) is 0 Å².